The van der Waals surface area contributed by atoms with E-state index in [-0.39, 0.29) is 16.7 Å². The van der Waals surface area contributed by atoms with E-state index in [2.05, 4.69) is 0 Å². The topological polar surface area (TPSA) is 54.4 Å². The van der Waals surface area contributed by atoms with Gasteiger partial charge in [-0.3, -0.25) is 4.79 Å². The molecule has 96 valence electrons. The molecule has 2 aromatic carbocycles. The monoisotopic (exact) mass is 262 g/mol. The molecule has 1 N–H and O–H groups in total. The van der Waals surface area contributed by atoms with Crippen molar-refractivity contribution < 1.29 is 23.5 Å². The molecular weight excluding hydrogens is 254 g/mol. The third kappa shape index (κ3) is 2.65. The average molecular weight is 262 g/mol. The summed E-state index contributed by atoms with van der Waals surface area (Å²) in [7, 11) is 0. The van der Waals surface area contributed by atoms with Gasteiger partial charge in [-0.1, -0.05) is 12.1 Å². The fourth-order valence-corrected chi connectivity index (χ4v) is 1.60. The van der Waals surface area contributed by atoms with Crippen LogP contribution in [0.4, 0.5) is 8.78 Å². The second-order valence-electron chi connectivity index (χ2n) is 3.84. The zero-order valence-corrected chi connectivity index (χ0v) is 9.56. The number of carbonyl (C=O) groups excluding carboxylic acids is 1. The van der Waals surface area contributed by atoms with Gasteiger partial charge in [0.2, 0.25) is 0 Å². The molecule has 0 saturated carbocycles. The van der Waals surface area contributed by atoms with Crippen molar-refractivity contribution >= 4 is 11.8 Å². The van der Waals surface area contributed by atoms with Gasteiger partial charge in [-0.25, -0.2) is 13.6 Å². The first-order valence-corrected chi connectivity index (χ1v) is 5.32. The van der Waals surface area contributed by atoms with E-state index in [1.165, 1.54) is 24.3 Å². The van der Waals surface area contributed by atoms with Gasteiger partial charge in [0.25, 0.3) is 0 Å². The Bertz CT molecular complexity index is 665. The van der Waals surface area contributed by atoms with Gasteiger partial charge in [0, 0.05) is 11.1 Å². The van der Waals surface area contributed by atoms with Gasteiger partial charge in [0.15, 0.2) is 17.4 Å². The molecule has 19 heavy (non-hydrogen) atoms. The maximum absolute atomic E-state index is 13.0. The number of hydrogen-bond acceptors (Lipinski definition) is 2. The van der Waals surface area contributed by atoms with Crippen LogP contribution in [-0.2, 0) is 0 Å². The Labute approximate surface area is 107 Å². The fourth-order valence-electron chi connectivity index (χ4n) is 1.60. The SMILES string of the molecule is O=C(O)c1cccc(C(=O)c2ccc(F)c(F)c2)c1. The fraction of sp³-hybridized carbons (Fsp3) is 0. The van der Waals surface area contributed by atoms with E-state index in [1.54, 1.807) is 0 Å². The maximum Gasteiger partial charge on any atom is 0.335 e. The predicted octanol–water partition coefficient (Wildman–Crippen LogP) is 2.89. The highest BCUT2D eigenvalue weighted by atomic mass is 19.2. The molecule has 0 aromatic heterocycles. The lowest BCUT2D eigenvalue weighted by Gasteiger charge is -2.03. The molecule has 5 heteroatoms. The predicted molar refractivity (Wildman–Crippen MR) is 63.2 cm³/mol. The molecule has 0 radical (unpaired) electrons. The van der Waals surface area contributed by atoms with Crippen LogP contribution in [0, 0.1) is 11.6 Å². The van der Waals surface area contributed by atoms with Gasteiger partial charge in [-0.2, -0.15) is 0 Å². The minimum atomic E-state index is -1.17. The van der Waals surface area contributed by atoms with Gasteiger partial charge < -0.3 is 5.11 Å². The quantitative estimate of drug-likeness (QED) is 0.865. The number of rotatable bonds is 3. The Morgan fingerprint density at radius 1 is 0.842 bits per heavy atom. The summed E-state index contributed by atoms with van der Waals surface area (Å²) in [4.78, 5) is 22.8. The minimum absolute atomic E-state index is 0.0403. The van der Waals surface area contributed by atoms with E-state index in [9.17, 15) is 18.4 Å². The first-order chi connectivity index (χ1) is 8.99. The Hall–Kier alpha value is -2.56. The maximum atomic E-state index is 13.0. The molecule has 0 aliphatic carbocycles. The highest BCUT2D eigenvalue weighted by Gasteiger charge is 2.13. The Balaban J connectivity index is 2.41. The zero-order valence-electron chi connectivity index (χ0n) is 9.56. The Morgan fingerprint density at radius 3 is 2.11 bits per heavy atom. The van der Waals surface area contributed by atoms with Crippen molar-refractivity contribution in [2.45, 2.75) is 0 Å². The number of hydrogen-bond donors (Lipinski definition) is 1. The molecule has 2 rings (SSSR count). The van der Waals surface area contributed by atoms with Crippen LogP contribution in [-0.4, -0.2) is 16.9 Å². The van der Waals surface area contributed by atoms with E-state index >= 15 is 0 Å². The molecule has 0 bridgehead atoms. The third-order valence-electron chi connectivity index (χ3n) is 2.55. The number of carbonyl (C=O) groups is 2. The first kappa shape index (κ1) is 12.9. The number of ketones is 1. The molecule has 0 aliphatic rings. The lowest BCUT2D eigenvalue weighted by atomic mass is 10.0. The summed E-state index contributed by atoms with van der Waals surface area (Å²) in [5.41, 5.74) is 0.0146. The van der Waals surface area contributed by atoms with E-state index in [0.29, 0.717) is 0 Å². The largest absolute Gasteiger partial charge is 0.478 e. The number of carboxylic acids is 1. The second-order valence-corrected chi connectivity index (χ2v) is 3.84. The zero-order chi connectivity index (χ0) is 14.0. The molecule has 0 heterocycles. The minimum Gasteiger partial charge on any atom is -0.478 e. The Morgan fingerprint density at radius 2 is 1.47 bits per heavy atom. The van der Waals surface area contributed by atoms with Gasteiger partial charge in [0.1, 0.15) is 0 Å². The molecule has 0 aliphatic heterocycles. The molecule has 0 saturated heterocycles. The summed E-state index contributed by atoms with van der Waals surface area (Å²) in [6.07, 6.45) is 0. The van der Waals surface area contributed by atoms with Crippen molar-refractivity contribution in [3.05, 3.63) is 70.8 Å². The van der Waals surface area contributed by atoms with Crippen LogP contribution in [0.15, 0.2) is 42.5 Å². The standard InChI is InChI=1S/C14H8F2O3/c15-11-5-4-9(7-12(11)16)13(17)8-2-1-3-10(6-8)14(18)19/h1-7H,(H,18,19). The van der Waals surface area contributed by atoms with Crippen LogP contribution in [0.1, 0.15) is 26.3 Å². The number of carboxylic acid groups (broad SMARTS) is 1. The lowest BCUT2D eigenvalue weighted by molar-refractivity contribution is 0.0697. The van der Waals surface area contributed by atoms with Crippen molar-refractivity contribution in [3.63, 3.8) is 0 Å². The van der Waals surface area contributed by atoms with Crippen molar-refractivity contribution in [2.75, 3.05) is 0 Å². The van der Waals surface area contributed by atoms with E-state index in [1.807, 2.05) is 0 Å². The molecule has 0 spiro atoms. The number of aromatic carboxylic acids is 1. The smallest absolute Gasteiger partial charge is 0.335 e. The lowest BCUT2D eigenvalue weighted by Crippen LogP contribution is -2.05. The summed E-state index contributed by atoms with van der Waals surface area (Å²) < 4.78 is 25.8. The third-order valence-corrected chi connectivity index (χ3v) is 2.55. The van der Waals surface area contributed by atoms with Crippen LogP contribution in [0.3, 0.4) is 0 Å². The van der Waals surface area contributed by atoms with Crippen LogP contribution in [0.25, 0.3) is 0 Å². The molecule has 3 nitrogen and oxygen atoms in total. The van der Waals surface area contributed by atoms with Crippen LogP contribution in [0.5, 0.6) is 0 Å². The summed E-state index contributed by atoms with van der Waals surface area (Å²) in [5, 5.41) is 8.82. The molecular formula is C14H8F2O3. The second kappa shape index (κ2) is 4.97. The molecule has 0 amide bonds. The van der Waals surface area contributed by atoms with Crippen LogP contribution < -0.4 is 0 Å². The number of benzene rings is 2. The van der Waals surface area contributed by atoms with Crippen molar-refractivity contribution in [2.24, 2.45) is 0 Å². The van der Waals surface area contributed by atoms with Crippen molar-refractivity contribution in [1.82, 2.24) is 0 Å². The summed E-state index contributed by atoms with van der Waals surface area (Å²) >= 11 is 0. The van der Waals surface area contributed by atoms with Crippen molar-refractivity contribution in [1.29, 1.82) is 0 Å². The average Bonchev–Trinajstić information content (AvgIpc) is 2.41. The van der Waals surface area contributed by atoms with Gasteiger partial charge in [-0.05, 0) is 30.3 Å². The van der Waals surface area contributed by atoms with E-state index in [0.717, 1.165) is 18.2 Å². The summed E-state index contributed by atoms with van der Waals surface area (Å²) in [5.74, 6) is -3.90. The normalized spacial score (nSPS) is 10.2. The Kier molecular flexibility index (Phi) is 3.37. The van der Waals surface area contributed by atoms with Crippen LogP contribution in [0.2, 0.25) is 0 Å². The number of halogens is 2. The van der Waals surface area contributed by atoms with Crippen molar-refractivity contribution in [3.8, 4) is 0 Å². The van der Waals surface area contributed by atoms with E-state index in [4.69, 9.17) is 5.11 Å². The molecule has 0 unspecified atom stereocenters. The van der Waals surface area contributed by atoms with Gasteiger partial charge in [0.05, 0.1) is 5.56 Å². The summed E-state index contributed by atoms with van der Waals surface area (Å²) in [6.45, 7) is 0. The van der Waals surface area contributed by atoms with Gasteiger partial charge >= 0.3 is 5.97 Å². The van der Waals surface area contributed by atoms with E-state index < -0.39 is 23.4 Å². The molecule has 0 fully saturated rings. The first-order valence-electron chi connectivity index (χ1n) is 5.32. The van der Waals surface area contributed by atoms with Gasteiger partial charge in [-0.15, -0.1) is 0 Å². The highest BCUT2D eigenvalue weighted by Crippen LogP contribution is 2.15. The molecule has 0 atom stereocenters. The van der Waals surface area contributed by atoms with Crippen LogP contribution >= 0.6 is 0 Å². The summed E-state index contributed by atoms with van der Waals surface area (Å²) in [6, 6.07) is 8.13. The highest BCUT2D eigenvalue weighted by molar-refractivity contribution is 6.09. The molecule has 2 aromatic rings.